The summed E-state index contributed by atoms with van der Waals surface area (Å²) in [5, 5.41) is 3.47. The molecule has 0 saturated carbocycles. The number of fused-ring (bicyclic) bond motifs is 3. The van der Waals surface area contributed by atoms with Crippen molar-refractivity contribution in [2.75, 3.05) is 0 Å². The van der Waals surface area contributed by atoms with Crippen LogP contribution in [-0.4, -0.2) is 11.6 Å². The third-order valence-electron chi connectivity index (χ3n) is 4.19. The number of rotatable bonds is 0. The maximum Gasteiger partial charge on any atom is 0.194 e. The van der Waals surface area contributed by atoms with Gasteiger partial charge in [0.25, 0.3) is 0 Å². The first kappa shape index (κ1) is 15.5. The highest BCUT2D eigenvalue weighted by Crippen LogP contribution is 2.26. The van der Waals surface area contributed by atoms with E-state index in [1.165, 1.54) is 10.1 Å². The van der Waals surface area contributed by atoms with Gasteiger partial charge in [0, 0.05) is 27.0 Å². The molecule has 1 aliphatic carbocycles. The van der Waals surface area contributed by atoms with E-state index in [1.54, 1.807) is 59.9 Å². The van der Waals surface area contributed by atoms with Gasteiger partial charge in [-0.25, -0.2) is 0 Å². The Morgan fingerprint density at radius 3 is 1.44 bits per heavy atom. The lowest BCUT2D eigenvalue weighted by Crippen LogP contribution is -2.20. The molecule has 1 heterocycles. The van der Waals surface area contributed by atoms with Crippen LogP contribution in [0.1, 0.15) is 31.8 Å². The van der Waals surface area contributed by atoms with Crippen LogP contribution in [0.4, 0.5) is 0 Å². The molecular weight excluding hydrogens is 328 g/mol. The average molecular weight is 342 g/mol. The SMILES string of the molecule is O=C1c2ccccc2C(=O)c2ccccc21.c1ccc2sccc2c1. The Labute approximate surface area is 149 Å². The summed E-state index contributed by atoms with van der Waals surface area (Å²) in [7, 11) is 0. The topological polar surface area (TPSA) is 34.1 Å². The van der Waals surface area contributed by atoms with Crippen molar-refractivity contribution in [3.05, 3.63) is 106 Å². The molecule has 4 aromatic rings. The molecule has 0 atom stereocenters. The highest BCUT2D eigenvalue weighted by atomic mass is 32.1. The maximum absolute atomic E-state index is 12.1. The number of carbonyl (C=O) groups is 2. The van der Waals surface area contributed by atoms with Crippen LogP contribution in [0.25, 0.3) is 10.1 Å². The van der Waals surface area contributed by atoms with E-state index < -0.39 is 0 Å². The van der Waals surface area contributed by atoms with Crippen molar-refractivity contribution in [3.8, 4) is 0 Å². The molecule has 0 saturated heterocycles. The molecule has 1 aliphatic rings. The van der Waals surface area contributed by atoms with Crippen molar-refractivity contribution in [3.63, 3.8) is 0 Å². The number of hydrogen-bond donors (Lipinski definition) is 0. The van der Waals surface area contributed by atoms with Crippen LogP contribution in [-0.2, 0) is 0 Å². The largest absolute Gasteiger partial charge is 0.289 e. The second-order valence-corrected chi connectivity index (χ2v) is 6.66. The van der Waals surface area contributed by atoms with Crippen molar-refractivity contribution >= 4 is 33.0 Å². The fourth-order valence-corrected chi connectivity index (χ4v) is 3.75. The molecule has 5 rings (SSSR count). The molecule has 0 fully saturated rings. The molecule has 2 nitrogen and oxygen atoms in total. The van der Waals surface area contributed by atoms with Gasteiger partial charge < -0.3 is 0 Å². The number of ketones is 2. The van der Waals surface area contributed by atoms with Crippen molar-refractivity contribution in [2.45, 2.75) is 0 Å². The van der Waals surface area contributed by atoms with Crippen molar-refractivity contribution in [1.29, 1.82) is 0 Å². The summed E-state index contributed by atoms with van der Waals surface area (Å²) in [6, 6.07) is 24.4. The lowest BCUT2D eigenvalue weighted by molar-refractivity contribution is 0.0979. The Hall–Kier alpha value is -3.04. The second-order valence-electron chi connectivity index (χ2n) is 5.71. The van der Waals surface area contributed by atoms with Gasteiger partial charge in [-0.1, -0.05) is 66.7 Å². The summed E-state index contributed by atoms with van der Waals surface area (Å²) in [6.45, 7) is 0. The van der Waals surface area contributed by atoms with Gasteiger partial charge in [0.05, 0.1) is 0 Å². The maximum atomic E-state index is 12.1. The lowest BCUT2D eigenvalue weighted by atomic mass is 9.84. The van der Waals surface area contributed by atoms with Crippen LogP contribution < -0.4 is 0 Å². The van der Waals surface area contributed by atoms with Gasteiger partial charge in [0.2, 0.25) is 0 Å². The fourth-order valence-electron chi connectivity index (χ4n) is 2.95. The molecule has 0 bridgehead atoms. The highest BCUT2D eigenvalue weighted by Gasteiger charge is 2.28. The number of carbonyl (C=O) groups excluding carboxylic acids is 2. The van der Waals surface area contributed by atoms with E-state index >= 15 is 0 Å². The molecule has 1 aromatic heterocycles. The number of hydrogen-bond acceptors (Lipinski definition) is 3. The minimum atomic E-state index is -0.0641. The Bertz CT molecular complexity index is 956. The zero-order valence-corrected chi connectivity index (χ0v) is 14.1. The predicted octanol–water partition coefficient (Wildman–Crippen LogP) is 5.36. The van der Waals surface area contributed by atoms with Crippen molar-refractivity contribution in [1.82, 2.24) is 0 Å². The Balaban J connectivity index is 0.000000147. The van der Waals surface area contributed by atoms with E-state index in [2.05, 4.69) is 35.7 Å². The molecule has 3 aromatic carbocycles. The molecule has 0 radical (unpaired) electrons. The Morgan fingerprint density at radius 2 is 0.960 bits per heavy atom. The molecule has 0 N–H and O–H groups in total. The Morgan fingerprint density at radius 1 is 0.520 bits per heavy atom. The van der Waals surface area contributed by atoms with Gasteiger partial charge in [-0.2, -0.15) is 0 Å². The van der Waals surface area contributed by atoms with Crippen LogP contribution in [0.15, 0.2) is 84.2 Å². The van der Waals surface area contributed by atoms with E-state index in [0.29, 0.717) is 22.3 Å². The molecule has 0 spiro atoms. The van der Waals surface area contributed by atoms with E-state index in [-0.39, 0.29) is 11.6 Å². The van der Waals surface area contributed by atoms with Crippen LogP contribution >= 0.6 is 11.3 Å². The minimum absolute atomic E-state index is 0.0641. The summed E-state index contributed by atoms with van der Waals surface area (Å²) in [4.78, 5) is 24.2. The second kappa shape index (κ2) is 6.46. The fraction of sp³-hybridized carbons (Fsp3) is 0. The molecule has 0 aliphatic heterocycles. The quantitative estimate of drug-likeness (QED) is 0.379. The normalized spacial score (nSPS) is 12.2. The summed E-state index contributed by atoms with van der Waals surface area (Å²) >= 11 is 1.79. The van der Waals surface area contributed by atoms with E-state index in [9.17, 15) is 9.59 Å². The van der Waals surface area contributed by atoms with Gasteiger partial charge in [-0.05, 0) is 22.9 Å². The number of benzene rings is 3. The zero-order valence-electron chi connectivity index (χ0n) is 13.3. The van der Waals surface area contributed by atoms with Crippen LogP contribution in [0.2, 0.25) is 0 Å². The summed E-state index contributed by atoms with van der Waals surface area (Å²) in [5.74, 6) is -0.128. The third-order valence-corrected chi connectivity index (χ3v) is 5.09. The van der Waals surface area contributed by atoms with Crippen LogP contribution in [0.3, 0.4) is 0 Å². The van der Waals surface area contributed by atoms with E-state index in [4.69, 9.17) is 0 Å². The lowest BCUT2D eigenvalue weighted by Gasteiger charge is -2.16. The van der Waals surface area contributed by atoms with E-state index in [0.717, 1.165) is 0 Å². The standard InChI is InChI=1S/C14H8O2.C8H6S/c15-13-9-5-1-2-6-10(9)14(16)12-8-4-3-7-11(12)13;1-2-4-8-7(3-1)5-6-9-8/h1-8H;1-6H. The highest BCUT2D eigenvalue weighted by molar-refractivity contribution is 7.17. The van der Waals surface area contributed by atoms with Crippen LogP contribution in [0.5, 0.6) is 0 Å². The molecule has 3 heteroatoms. The summed E-state index contributed by atoms with van der Waals surface area (Å²) in [5.41, 5.74) is 2.02. The molecule has 120 valence electrons. The molecular formula is C22H14O2S. The summed E-state index contributed by atoms with van der Waals surface area (Å²) < 4.78 is 1.37. The smallest absolute Gasteiger partial charge is 0.194 e. The number of thiophene rings is 1. The van der Waals surface area contributed by atoms with Crippen molar-refractivity contribution in [2.24, 2.45) is 0 Å². The first-order chi connectivity index (χ1) is 12.3. The summed E-state index contributed by atoms with van der Waals surface area (Å²) in [6.07, 6.45) is 0. The molecule has 25 heavy (non-hydrogen) atoms. The van der Waals surface area contributed by atoms with E-state index in [1.807, 2.05) is 0 Å². The Kier molecular flexibility index (Phi) is 4.00. The van der Waals surface area contributed by atoms with Crippen molar-refractivity contribution < 1.29 is 9.59 Å². The van der Waals surface area contributed by atoms with Gasteiger partial charge in [-0.15, -0.1) is 11.3 Å². The minimum Gasteiger partial charge on any atom is -0.289 e. The average Bonchev–Trinajstić information content (AvgIpc) is 3.15. The predicted molar refractivity (Wildman–Crippen MR) is 102 cm³/mol. The third kappa shape index (κ3) is 2.79. The van der Waals surface area contributed by atoms with Gasteiger partial charge in [0.1, 0.15) is 0 Å². The molecule has 0 amide bonds. The van der Waals surface area contributed by atoms with Crippen LogP contribution in [0, 0.1) is 0 Å². The monoisotopic (exact) mass is 342 g/mol. The molecule has 0 unspecified atom stereocenters. The first-order valence-corrected chi connectivity index (χ1v) is 8.83. The van der Waals surface area contributed by atoms with Gasteiger partial charge in [-0.3, -0.25) is 9.59 Å². The van der Waals surface area contributed by atoms with Gasteiger partial charge >= 0.3 is 0 Å². The van der Waals surface area contributed by atoms with Gasteiger partial charge in [0.15, 0.2) is 11.6 Å². The zero-order chi connectivity index (χ0) is 17.2. The first-order valence-electron chi connectivity index (χ1n) is 7.95.